The van der Waals surface area contributed by atoms with E-state index in [0.29, 0.717) is 12.8 Å². The number of alkyl halides is 3. The molecule has 1 aliphatic carbocycles. The number of anilines is 1. The fourth-order valence-corrected chi connectivity index (χ4v) is 6.22. The monoisotopic (exact) mass is 597 g/mol. The molecule has 1 saturated carbocycles. The zero-order chi connectivity index (χ0) is 28.6. The summed E-state index contributed by atoms with van der Waals surface area (Å²) in [4.78, 5) is -0.183. The predicted octanol–water partition coefficient (Wildman–Crippen LogP) is 5.15. The van der Waals surface area contributed by atoms with E-state index in [1.54, 1.807) is 6.07 Å². The molecule has 0 bridgehead atoms. The van der Waals surface area contributed by atoms with E-state index in [1.165, 1.54) is 54.6 Å². The molecule has 6 nitrogen and oxygen atoms in total. The third-order valence-electron chi connectivity index (χ3n) is 6.15. The van der Waals surface area contributed by atoms with Crippen molar-refractivity contribution in [3.05, 3.63) is 88.9 Å². The first-order valence-corrected chi connectivity index (χ1v) is 15.3. The number of sulfonamides is 1. The molecule has 3 aromatic rings. The SMILES string of the molecule is CS(=O)(=O)c1ccc(C#CC(O)(c2cc(Cl)ccc2N(CC2CC2)S(=O)(=O)c2ccccc2)C(F)(F)F)cc1. The van der Waals surface area contributed by atoms with Crippen LogP contribution in [0.15, 0.2) is 82.6 Å². The lowest BCUT2D eigenvalue weighted by Crippen LogP contribution is -2.43. The van der Waals surface area contributed by atoms with Crippen LogP contribution in [0.2, 0.25) is 5.02 Å². The Bertz CT molecular complexity index is 1650. The van der Waals surface area contributed by atoms with Gasteiger partial charge in [0.25, 0.3) is 15.6 Å². The average molecular weight is 598 g/mol. The Labute approximate surface area is 230 Å². The first-order chi connectivity index (χ1) is 18.1. The highest BCUT2D eigenvalue weighted by Crippen LogP contribution is 2.45. The Morgan fingerprint density at radius 3 is 2.10 bits per heavy atom. The summed E-state index contributed by atoms with van der Waals surface area (Å²) in [5, 5.41) is 11.0. The lowest BCUT2D eigenvalue weighted by Gasteiger charge is -2.32. The van der Waals surface area contributed by atoms with Crippen molar-refractivity contribution in [3.63, 3.8) is 0 Å². The molecular formula is C27H23ClF3NO5S2. The second kappa shape index (κ2) is 10.5. The van der Waals surface area contributed by atoms with Gasteiger partial charge < -0.3 is 5.11 Å². The third-order valence-corrected chi connectivity index (χ3v) is 9.31. The fraction of sp³-hybridized carbons (Fsp3) is 0.259. The molecule has 0 spiro atoms. The van der Waals surface area contributed by atoms with E-state index in [1.807, 2.05) is 5.92 Å². The zero-order valence-electron chi connectivity index (χ0n) is 20.5. The summed E-state index contributed by atoms with van der Waals surface area (Å²) in [7, 11) is -7.88. The summed E-state index contributed by atoms with van der Waals surface area (Å²) in [6.07, 6.45) is -2.98. The quantitative estimate of drug-likeness (QED) is 0.380. The maximum absolute atomic E-state index is 14.5. The van der Waals surface area contributed by atoms with Gasteiger partial charge in [-0.3, -0.25) is 4.31 Å². The van der Waals surface area contributed by atoms with E-state index in [-0.39, 0.29) is 32.8 Å². The highest BCUT2D eigenvalue weighted by Gasteiger charge is 2.56. The van der Waals surface area contributed by atoms with E-state index in [0.717, 1.165) is 22.7 Å². The Balaban J connectivity index is 1.89. The Hall–Kier alpha value is -3.04. The molecule has 1 unspecified atom stereocenters. The van der Waals surface area contributed by atoms with Gasteiger partial charge in [-0.1, -0.05) is 35.7 Å². The molecule has 0 saturated heterocycles. The van der Waals surface area contributed by atoms with E-state index in [9.17, 15) is 35.1 Å². The minimum atomic E-state index is -5.37. The van der Waals surface area contributed by atoms with Gasteiger partial charge in [-0.05, 0) is 79.3 Å². The van der Waals surface area contributed by atoms with Crippen molar-refractivity contribution in [3.8, 4) is 11.8 Å². The Kier molecular flexibility index (Phi) is 7.80. The van der Waals surface area contributed by atoms with E-state index in [2.05, 4.69) is 5.92 Å². The predicted molar refractivity (Wildman–Crippen MR) is 142 cm³/mol. The summed E-state index contributed by atoms with van der Waals surface area (Å²) >= 11 is 6.05. The summed E-state index contributed by atoms with van der Waals surface area (Å²) in [5.74, 6) is 4.05. The second-order valence-corrected chi connectivity index (χ2v) is 13.5. The van der Waals surface area contributed by atoms with Crippen LogP contribution in [-0.2, 0) is 25.5 Å². The summed E-state index contributed by atoms with van der Waals surface area (Å²) < 4.78 is 95.1. The lowest BCUT2D eigenvalue weighted by atomic mass is 9.91. The number of hydrogen-bond donors (Lipinski definition) is 1. The van der Waals surface area contributed by atoms with E-state index >= 15 is 0 Å². The zero-order valence-corrected chi connectivity index (χ0v) is 22.9. The van der Waals surface area contributed by atoms with Gasteiger partial charge in [0, 0.05) is 29.0 Å². The van der Waals surface area contributed by atoms with Gasteiger partial charge in [-0.2, -0.15) is 13.2 Å². The van der Waals surface area contributed by atoms with Crippen molar-refractivity contribution in [2.24, 2.45) is 5.92 Å². The summed E-state index contributed by atoms with van der Waals surface area (Å²) in [6, 6.07) is 15.3. The van der Waals surface area contributed by atoms with Crippen molar-refractivity contribution in [2.45, 2.75) is 34.4 Å². The normalized spacial score (nSPS) is 15.6. The second-order valence-electron chi connectivity index (χ2n) is 9.21. The molecule has 0 aromatic heterocycles. The van der Waals surface area contributed by atoms with Crippen LogP contribution >= 0.6 is 11.6 Å². The molecule has 0 amide bonds. The molecule has 1 atom stereocenters. The van der Waals surface area contributed by atoms with Gasteiger partial charge in [0.15, 0.2) is 9.84 Å². The third kappa shape index (κ3) is 6.25. The molecule has 206 valence electrons. The molecule has 12 heteroatoms. The van der Waals surface area contributed by atoms with Crippen molar-refractivity contribution in [1.29, 1.82) is 0 Å². The highest BCUT2D eigenvalue weighted by atomic mass is 35.5. The number of benzene rings is 3. The molecule has 0 aliphatic heterocycles. The molecule has 4 rings (SSSR count). The number of halogens is 4. The first-order valence-electron chi connectivity index (χ1n) is 11.6. The highest BCUT2D eigenvalue weighted by molar-refractivity contribution is 7.92. The van der Waals surface area contributed by atoms with Gasteiger partial charge in [0.05, 0.1) is 15.5 Å². The summed E-state index contributed by atoms with van der Waals surface area (Å²) in [5.41, 5.74) is -5.07. The van der Waals surface area contributed by atoms with Crippen molar-refractivity contribution >= 4 is 37.1 Å². The maximum Gasteiger partial charge on any atom is 0.433 e. The largest absolute Gasteiger partial charge is 0.433 e. The van der Waals surface area contributed by atoms with Crippen LogP contribution in [0.5, 0.6) is 0 Å². The molecule has 3 aromatic carbocycles. The molecule has 1 N–H and O–H groups in total. The lowest BCUT2D eigenvalue weighted by molar-refractivity contribution is -0.240. The topological polar surface area (TPSA) is 91.8 Å². The van der Waals surface area contributed by atoms with E-state index in [4.69, 9.17) is 11.6 Å². The molecule has 0 radical (unpaired) electrons. The molecule has 39 heavy (non-hydrogen) atoms. The van der Waals surface area contributed by atoms with Gasteiger partial charge in [-0.25, -0.2) is 16.8 Å². The smallest absolute Gasteiger partial charge is 0.366 e. The van der Waals surface area contributed by atoms with Crippen LogP contribution in [-0.4, -0.2) is 40.9 Å². The molecule has 0 heterocycles. The van der Waals surface area contributed by atoms with Gasteiger partial charge >= 0.3 is 6.18 Å². The van der Waals surface area contributed by atoms with Gasteiger partial charge in [0.1, 0.15) is 0 Å². The fourth-order valence-electron chi connectivity index (χ4n) is 3.84. The Morgan fingerprint density at radius 1 is 0.949 bits per heavy atom. The standard InChI is InChI=1S/C27H23ClF3NO5S2/c1-38(34,35)22-12-9-19(10-13-22)15-16-26(33,27(29,30)31)24-17-21(28)11-14-25(24)32(18-20-7-8-20)39(36,37)23-5-3-2-4-6-23/h2-6,9-14,17,20,33H,7-8,18H2,1H3. The number of rotatable bonds is 7. The van der Waals surface area contributed by atoms with Gasteiger partial charge in [0.2, 0.25) is 0 Å². The average Bonchev–Trinajstić information content (AvgIpc) is 3.70. The maximum atomic E-state index is 14.5. The van der Waals surface area contributed by atoms with Crippen molar-refractivity contribution in [2.75, 3.05) is 17.1 Å². The van der Waals surface area contributed by atoms with Crippen LogP contribution in [0.4, 0.5) is 18.9 Å². The molecule has 1 fully saturated rings. The van der Waals surface area contributed by atoms with Crippen LogP contribution < -0.4 is 4.31 Å². The van der Waals surface area contributed by atoms with Gasteiger partial charge in [-0.15, -0.1) is 0 Å². The number of hydrogen-bond acceptors (Lipinski definition) is 5. The van der Waals surface area contributed by atoms with Crippen LogP contribution in [0.25, 0.3) is 0 Å². The number of nitrogens with zero attached hydrogens (tertiary/aromatic N) is 1. The van der Waals surface area contributed by atoms with Crippen LogP contribution in [0, 0.1) is 17.8 Å². The minimum absolute atomic E-state index is 0.000367. The van der Waals surface area contributed by atoms with Crippen molar-refractivity contribution in [1.82, 2.24) is 0 Å². The molecule has 1 aliphatic rings. The first kappa shape index (κ1) is 29.0. The van der Waals surface area contributed by atoms with Crippen molar-refractivity contribution < 1.29 is 35.1 Å². The summed E-state index contributed by atoms with van der Waals surface area (Å²) in [6.45, 7) is -0.0970. The number of aliphatic hydroxyl groups is 1. The molecular weight excluding hydrogens is 575 g/mol. The van der Waals surface area contributed by atoms with Crippen LogP contribution in [0.3, 0.4) is 0 Å². The minimum Gasteiger partial charge on any atom is -0.366 e. The number of sulfone groups is 1. The Morgan fingerprint density at radius 2 is 1.56 bits per heavy atom. The van der Waals surface area contributed by atoms with Crippen LogP contribution in [0.1, 0.15) is 24.0 Å². The van der Waals surface area contributed by atoms with E-state index < -0.39 is 42.9 Å².